The molecular weight excluding hydrogens is 319 g/mol. The molecule has 0 saturated heterocycles. The number of hydrogen-bond donors (Lipinski definition) is 0. The molecule has 0 unspecified atom stereocenters. The van der Waals surface area contributed by atoms with E-state index in [2.05, 4.69) is 19.9 Å². The lowest BCUT2D eigenvalue weighted by Crippen LogP contribution is -2.19. The summed E-state index contributed by atoms with van der Waals surface area (Å²) in [4.78, 5) is 0. The first-order chi connectivity index (χ1) is 11.7. The van der Waals surface area contributed by atoms with Crippen LogP contribution in [0, 0.1) is 0 Å². The van der Waals surface area contributed by atoms with Crippen molar-refractivity contribution in [1.29, 1.82) is 0 Å². The Morgan fingerprint density at radius 2 is 1.54 bits per heavy atom. The van der Waals surface area contributed by atoms with Gasteiger partial charge in [-0.1, -0.05) is 38.8 Å². The van der Waals surface area contributed by atoms with Crippen molar-refractivity contribution in [2.24, 2.45) is 0 Å². The van der Waals surface area contributed by atoms with Crippen molar-refractivity contribution in [2.45, 2.75) is 90.3 Å². The van der Waals surface area contributed by atoms with Crippen LogP contribution in [0.5, 0.6) is 0 Å². The van der Waals surface area contributed by atoms with E-state index < -0.39 is 7.60 Å². The molecule has 4 heteroatoms. The number of rotatable bonds is 11. The van der Waals surface area contributed by atoms with Gasteiger partial charge < -0.3 is 9.05 Å². The number of aryl methyl sites for hydroxylation is 1. The summed E-state index contributed by atoms with van der Waals surface area (Å²) in [5, 5.41) is 0.850. The first-order valence-electron chi connectivity index (χ1n) is 9.74. The molecule has 0 N–H and O–H groups in total. The Morgan fingerprint density at radius 1 is 0.958 bits per heavy atom. The second-order valence-electron chi connectivity index (χ2n) is 7.23. The highest BCUT2D eigenvalue weighted by molar-refractivity contribution is 7.62. The van der Waals surface area contributed by atoms with Crippen molar-refractivity contribution in [3.05, 3.63) is 29.3 Å². The molecular formula is C20H31O3P. The van der Waals surface area contributed by atoms with E-state index in [1.165, 1.54) is 24.0 Å². The van der Waals surface area contributed by atoms with E-state index in [1.54, 1.807) is 0 Å². The van der Waals surface area contributed by atoms with Crippen LogP contribution in [0.25, 0.3) is 0 Å². The highest BCUT2D eigenvalue weighted by Crippen LogP contribution is 2.56. The van der Waals surface area contributed by atoms with Gasteiger partial charge in [0.15, 0.2) is 0 Å². The number of unbranched alkanes of at least 4 members (excludes halogenated alkanes) is 2. The molecule has 0 spiro atoms. The third-order valence-corrected chi connectivity index (χ3v) is 6.91. The first kappa shape index (κ1) is 18.2. The second-order valence-corrected chi connectivity index (χ2v) is 9.13. The first-order valence-corrected chi connectivity index (χ1v) is 11.3. The van der Waals surface area contributed by atoms with Crippen molar-refractivity contribution >= 4 is 12.9 Å². The fraction of sp³-hybridized carbons (Fsp3) is 0.700. The Kier molecular flexibility index (Phi) is 6.18. The predicted octanol–water partition coefficient (Wildman–Crippen LogP) is 5.55. The van der Waals surface area contributed by atoms with Gasteiger partial charge in [-0.25, -0.2) is 0 Å². The molecule has 2 aliphatic rings. The van der Waals surface area contributed by atoms with Gasteiger partial charge in [0.25, 0.3) is 0 Å². The van der Waals surface area contributed by atoms with E-state index in [0.717, 1.165) is 56.7 Å². The van der Waals surface area contributed by atoms with Gasteiger partial charge in [-0.15, -0.1) is 0 Å². The van der Waals surface area contributed by atoms with Crippen LogP contribution in [0.15, 0.2) is 18.2 Å². The summed E-state index contributed by atoms with van der Waals surface area (Å²) in [7, 11) is -3.20. The summed E-state index contributed by atoms with van der Waals surface area (Å²) in [6.07, 6.45) is 10.9. The molecule has 0 atom stereocenters. The summed E-state index contributed by atoms with van der Waals surface area (Å²) in [6, 6.07) is 6.23. The van der Waals surface area contributed by atoms with Crippen LogP contribution in [-0.4, -0.2) is 12.2 Å². The van der Waals surface area contributed by atoms with Crippen molar-refractivity contribution in [2.75, 3.05) is 0 Å². The van der Waals surface area contributed by atoms with Crippen LogP contribution in [0.1, 0.15) is 76.3 Å². The van der Waals surface area contributed by atoms with E-state index in [1.807, 2.05) is 12.1 Å². The van der Waals surface area contributed by atoms with E-state index >= 15 is 0 Å². The zero-order chi connectivity index (χ0) is 17.0. The van der Waals surface area contributed by atoms with Crippen molar-refractivity contribution < 1.29 is 13.6 Å². The van der Waals surface area contributed by atoms with Crippen molar-refractivity contribution in [3.8, 4) is 0 Å². The van der Waals surface area contributed by atoms with Crippen LogP contribution in [0.2, 0.25) is 0 Å². The maximum Gasteiger partial charge on any atom is 0.362 e. The Labute approximate surface area is 146 Å². The van der Waals surface area contributed by atoms with Crippen molar-refractivity contribution in [1.82, 2.24) is 0 Å². The normalized spacial score (nSPS) is 18.1. The topological polar surface area (TPSA) is 35.5 Å². The van der Waals surface area contributed by atoms with E-state index in [0.29, 0.717) is 0 Å². The summed E-state index contributed by atoms with van der Waals surface area (Å²) in [5.74, 6) is 0. The van der Waals surface area contributed by atoms with Crippen LogP contribution in [-0.2, 0) is 26.5 Å². The van der Waals surface area contributed by atoms with Crippen LogP contribution >= 0.6 is 7.60 Å². The van der Waals surface area contributed by atoms with Gasteiger partial charge in [0.1, 0.15) is 0 Å². The van der Waals surface area contributed by atoms with Crippen LogP contribution in [0.4, 0.5) is 0 Å². The third-order valence-electron chi connectivity index (χ3n) is 4.75. The van der Waals surface area contributed by atoms with Gasteiger partial charge in [-0.3, -0.25) is 4.57 Å². The molecule has 3 nitrogen and oxygen atoms in total. The predicted molar refractivity (Wildman–Crippen MR) is 99.1 cm³/mol. The Bertz CT molecular complexity index is 573. The molecule has 134 valence electrons. The quantitative estimate of drug-likeness (QED) is 0.491. The maximum atomic E-state index is 13.7. The van der Waals surface area contributed by atoms with Crippen molar-refractivity contribution in [3.63, 3.8) is 0 Å². The zero-order valence-corrected chi connectivity index (χ0v) is 16.0. The van der Waals surface area contributed by atoms with E-state index in [9.17, 15) is 4.57 Å². The number of hydrogen-bond acceptors (Lipinski definition) is 3. The highest BCUT2D eigenvalue weighted by Gasteiger charge is 2.42. The summed E-state index contributed by atoms with van der Waals surface area (Å²) in [6.45, 7) is 4.42. The average molecular weight is 350 g/mol. The minimum absolute atomic E-state index is 0.132. The second kappa shape index (κ2) is 8.17. The summed E-state index contributed by atoms with van der Waals surface area (Å²) in [5.41, 5.74) is 2.57. The molecule has 2 fully saturated rings. The molecule has 0 radical (unpaired) electrons. The standard InChI is InChI=1S/C20H31O3P/c1-3-5-8-16-9-7-11-20(19(16)10-6-4-2)24(21,22-17-12-13-17)23-18-14-15-18/h7,9,11,17-18H,3-6,8,10,12-15H2,1-2H3. The lowest BCUT2D eigenvalue weighted by molar-refractivity contribution is 0.198. The van der Waals surface area contributed by atoms with Gasteiger partial charge in [0.05, 0.1) is 17.5 Å². The maximum absolute atomic E-state index is 13.7. The molecule has 0 aliphatic heterocycles. The smallest absolute Gasteiger partial charge is 0.302 e. The SMILES string of the molecule is CCCCc1cccc(P(=O)(OC2CC2)OC2CC2)c1CCCC. The minimum Gasteiger partial charge on any atom is -0.302 e. The lowest BCUT2D eigenvalue weighted by Gasteiger charge is -2.23. The summed E-state index contributed by atoms with van der Waals surface area (Å²) < 4.78 is 25.7. The molecule has 3 rings (SSSR count). The molecule has 2 saturated carbocycles. The van der Waals surface area contributed by atoms with E-state index in [4.69, 9.17) is 9.05 Å². The molecule has 2 aliphatic carbocycles. The molecule has 1 aromatic carbocycles. The molecule has 0 amide bonds. The summed E-state index contributed by atoms with van der Waals surface area (Å²) >= 11 is 0. The van der Waals surface area contributed by atoms with Gasteiger partial charge in [0.2, 0.25) is 0 Å². The Hall–Kier alpha value is -0.630. The highest BCUT2D eigenvalue weighted by atomic mass is 31.2. The molecule has 0 aromatic heterocycles. The van der Waals surface area contributed by atoms with Crippen LogP contribution in [0.3, 0.4) is 0 Å². The number of benzene rings is 1. The minimum atomic E-state index is -3.20. The Morgan fingerprint density at radius 3 is 2.08 bits per heavy atom. The van der Waals surface area contributed by atoms with Gasteiger partial charge in [-0.2, -0.15) is 0 Å². The van der Waals surface area contributed by atoms with Gasteiger partial charge >= 0.3 is 7.60 Å². The fourth-order valence-electron chi connectivity index (χ4n) is 3.00. The third kappa shape index (κ3) is 4.71. The van der Waals surface area contributed by atoms with Gasteiger partial charge in [0, 0.05) is 0 Å². The largest absolute Gasteiger partial charge is 0.362 e. The Balaban J connectivity index is 1.93. The molecule has 0 heterocycles. The van der Waals surface area contributed by atoms with E-state index in [-0.39, 0.29) is 12.2 Å². The van der Waals surface area contributed by atoms with Crippen LogP contribution < -0.4 is 5.30 Å². The molecule has 24 heavy (non-hydrogen) atoms. The average Bonchev–Trinajstić information content (AvgIpc) is 3.49. The monoisotopic (exact) mass is 350 g/mol. The fourth-order valence-corrected chi connectivity index (χ4v) is 5.34. The zero-order valence-electron chi connectivity index (χ0n) is 15.1. The molecule has 1 aromatic rings. The van der Waals surface area contributed by atoms with Gasteiger partial charge in [-0.05, 0) is 68.6 Å². The lowest BCUT2D eigenvalue weighted by atomic mass is 9.98. The molecule has 0 bridgehead atoms.